The first-order valence-electron chi connectivity index (χ1n) is 11.7. The van der Waals surface area contributed by atoms with Crippen molar-refractivity contribution in [3.8, 4) is 0 Å². The molecule has 38 heavy (non-hydrogen) atoms. The molecule has 2 aromatic carbocycles. The maximum Gasteiger partial charge on any atom is 0.416 e. The van der Waals surface area contributed by atoms with E-state index in [0.717, 1.165) is 34.0 Å². The quantitative estimate of drug-likeness (QED) is 0.396. The molecule has 1 saturated heterocycles. The number of halogens is 7. The molecule has 3 aromatic rings. The first kappa shape index (κ1) is 26.1. The summed E-state index contributed by atoms with van der Waals surface area (Å²) in [6.07, 6.45) is -7.41. The van der Waals surface area contributed by atoms with Crippen LogP contribution >= 0.6 is 0 Å². The number of nitrogens with zero attached hydrogens (tertiary/aromatic N) is 5. The molecule has 0 saturated carbocycles. The van der Waals surface area contributed by atoms with Gasteiger partial charge in [-0.2, -0.15) is 22.0 Å². The van der Waals surface area contributed by atoms with E-state index in [1.807, 2.05) is 0 Å². The summed E-state index contributed by atoms with van der Waals surface area (Å²) in [5.74, 6) is -5.74. The summed E-state index contributed by atoms with van der Waals surface area (Å²) >= 11 is 0. The molecule has 2 atom stereocenters. The molecule has 202 valence electrons. The molecular formula is C25H22F7N5O. The number of aromatic nitrogens is 3. The number of carbonyl (C=O) groups excluding carboxylic acids is 1. The minimum atomic E-state index is -4.77. The van der Waals surface area contributed by atoms with E-state index in [0.29, 0.717) is 6.54 Å². The molecule has 0 bridgehead atoms. The van der Waals surface area contributed by atoms with Gasteiger partial charge in [0.05, 0.1) is 12.1 Å². The summed E-state index contributed by atoms with van der Waals surface area (Å²) < 4.78 is 101. The summed E-state index contributed by atoms with van der Waals surface area (Å²) in [6, 6.07) is 6.99. The van der Waals surface area contributed by atoms with Crippen LogP contribution in [-0.2, 0) is 32.2 Å². The van der Waals surface area contributed by atoms with E-state index in [1.54, 1.807) is 4.90 Å². The molecule has 2 aliphatic heterocycles. The number of rotatable bonds is 6. The number of benzene rings is 2. The van der Waals surface area contributed by atoms with Crippen molar-refractivity contribution in [3.63, 3.8) is 0 Å². The Kier molecular flexibility index (Phi) is 6.44. The van der Waals surface area contributed by atoms with E-state index in [4.69, 9.17) is 0 Å². The summed E-state index contributed by atoms with van der Waals surface area (Å²) in [4.78, 5) is 15.9. The van der Waals surface area contributed by atoms with Crippen LogP contribution in [0.15, 0.2) is 42.7 Å². The van der Waals surface area contributed by atoms with Crippen molar-refractivity contribution in [1.82, 2.24) is 19.7 Å². The van der Waals surface area contributed by atoms with Gasteiger partial charge in [0.1, 0.15) is 12.5 Å². The van der Waals surface area contributed by atoms with Gasteiger partial charge in [0.25, 0.3) is 5.91 Å². The van der Waals surface area contributed by atoms with Crippen molar-refractivity contribution in [3.05, 3.63) is 76.4 Å². The van der Waals surface area contributed by atoms with Gasteiger partial charge in [-0.25, -0.2) is 8.78 Å². The zero-order valence-corrected chi connectivity index (χ0v) is 20.0. The van der Waals surface area contributed by atoms with Crippen LogP contribution in [0.5, 0.6) is 0 Å². The number of hydrogen-bond acceptors (Lipinski definition) is 4. The second kappa shape index (κ2) is 9.37. The molecule has 0 radical (unpaired) electrons. The largest absolute Gasteiger partial charge is 0.416 e. The van der Waals surface area contributed by atoms with E-state index in [-0.39, 0.29) is 41.9 Å². The highest BCUT2D eigenvalue weighted by atomic mass is 19.4. The van der Waals surface area contributed by atoms with Crippen LogP contribution in [0.25, 0.3) is 0 Å². The molecule has 0 N–H and O–H groups in total. The van der Waals surface area contributed by atoms with Gasteiger partial charge in [0.2, 0.25) is 5.82 Å². The van der Waals surface area contributed by atoms with E-state index in [9.17, 15) is 31.1 Å². The van der Waals surface area contributed by atoms with E-state index < -0.39 is 53.8 Å². The van der Waals surface area contributed by atoms with Crippen LogP contribution in [-0.4, -0.2) is 44.8 Å². The third-order valence-corrected chi connectivity index (χ3v) is 6.83. The molecule has 2 aliphatic rings. The van der Waals surface area contributed by atoms with Crippen molar-refractivity contribution in [2.24, 2.45) is 7.05 Å². The van der Waals surface area contributed by atoms with E-state index in [1.165, 1.54) is 25.2 Å². The van der Waals surface area contributed by atoms with E-state index in [2.05, 4.69) is 10.2 Å². The van der Waals surface area contributed by atoms with Crippen LogP contribution in [0.4, 0.5) is 36.4 Å². The molecule has 1 aromatic heterocycles. The third-order valence-electron chi connectivity index (χ3n) is 6.83. The van der Waals surface area contributed by atoms with Gasteiger partial charge >= 0.3 is 12.1 Å². The molecule has 3 heterocycles. The summed E-state index contributed by atoms with van der Waals surface area (Å²) in [5.41, 5.74) is -1.74. The summed E-state index contributed by atoms with van der Waals surface area (Å²) in [7, 11) is 1.23. The highest BCUT2D eigenvalue weighted by Gasteiger charge is 2.47. The Bertz CT molecular complexity index is 1370. The average Bonchev–Trinajstić information content (AvgIpc) is 3.57. The second-order valence-corrected chi connectivity index (χ2v) is 9.53. The SMILES string of the molecule is Cn1cnnc1C(F)(F)C(F)c1cccc(N2Cc3c(cc(CN4CCC(F)C4)cc3C(F)(F)F)C2=O)c1. The molecular weight excluding hydrogens is 519 g/mol. The molecule has 0 aliphatic carbocycles. The van der Waals surface area contributed by atoms with Crippen molar-refractivity contribution in [2.75, 3.05) is 18.0 Å². The molecule has 13 heteroatoms. The zero-order valence-electron chi connectivity index (χ0n) is 20.0. The number of anilines is 1. The van der Waals surface area contributed by atoms with Gasteiger partial charge < -0.3 is 9.47 Å². The fraction of sp³-hybridized carbons (Fsp3) is 0.400. The fourth-order valence-electron chi connectivity index (χ4n) is 4.97. The van der Waals surface area contributed by atoms with Gasteiger partial charge in [-0.05, 0) is 47.4 Å². The number of hydrogen-bond donors (Lipinski definition) is 0. The maximum absolute atomic E-state index is 15.1. The highest BCUT2D eigenvalue weighted by Crippen LogP contribution is 2.44. The molecule has 1 amide bonds. The number of amides is 1. The minimum Gasteiger partial charge on any atom is -0.316 e. The smallest absolute Gasteiger partial charge is 0.316 e. The normalized spacial score (nSPS) is 19.3. The van der Waals surface area contributed by atoms with Crippen LogP contribution < -0.4 is 4.90 Å². The monoisotopic (exact) mass is 541 g/mol. The lowest BCUT2D eigenvalue weighted by Crippen LogP contribution is -2.26. The van der Waals surface area contributed by atoms with Crippen molar-refractivity contribution in [1.29, 1.82) is 0 Å². The summed E-state index contributed by atoms with van der Waals surface area (Å²) in [5, 5.41) is 6.63. The predicted octanol–water partition coefficient (Wildman–Crippen LogP) is 5.34. The topological polar surface area (TPSA) is 54.3 Å². The van der Waals surface area contributed by atoms with E-state index >= 15 is 4.39 Å². The molecule has 0 spiro atoms. The van der Waals surface area contributed by atoms with Crippen LogP contribution in [0.2, 0.25) is 0 Å². The Morgan fingerprint density at radius 2 is 1.89 bits per heavy atom. The lowest BCUT2D eigenvalue weighted by Gasteiger charge is -2.22. The van der Waals surface area contributed by atoms with Crippen molar-refractivity contribution >= 4 is 11.6 Å². The van der Waals surface area contributed by atoms with Gasteiger partial charge in [-0.3, -0.25) is 9.69 Å². The Balaban J connectivity index is 1.46. The van der Waals surface area contributed by atoms with Gasteiger partial charge in [-0.1, -0.05) is 12.1 Å². The van der Waals surface area contributed by atoms with Crippen molar-refractivity contribution in [2.45, 2.75) is 44.0 Å². The minimum absolute atomic E-state index is 0.0328. The number of likely N-dealkylation sites (tertiary alicyclic amines) is 1. The number of alkyl halides is 7. The standard InChI is InChI=1S/C25H22F7N5O/c1-35-13-33-34-23(35)24(28,29)21(27)15-3-2-4-17(9-15)37-12-19-18(22(37)38)7-14(8-20(19)25(30,31)32)10-36-6-5-16(26)11-36/h2-4,7-9,13,16,21H,5-6,10-12H2,1H3. The molecule has 1 fully saturated rings. The molecule has 5 rings (SSSR count). The number of aryl methyl sites for hydroxylation is 1. The lowest BCUT2D eigenvalue weighted by atomic mass is 9.98. The second-order valence-electron chi connectivity index (χ2n) is 9.53. The Morgan fingerprint density at radius 3 is 2.53 bits per heavy atom. The maximum atomic E-state index is 15.1. The van der Waals surface area contributed by atoms with Crippen molar-refractivity contribution < 1.29 is 35.5 Å². The first-order valence-corrected chi connectivity index (χ1v) is 11.7. The van der Waals surface area contributed by atoms with Crippen LogP contribution in [0, 0.1) is 0 Å². The highest BCUT2D eigenvalue weighted by molar-refractivity contribution is 6.10. The average molecular weight is 541 g/mol. The Morgan fingerprint density at radius 1 is 1.13 bits per heavy atom. The molecule has 2 unspecified atom stereocenters. The predicted molar refractivity (Wildman–Crippen MR) is 122 cm³/mol. The zero-order chi connectivity index (χ0) is 27.4. The fourth-order valence-corrected chi connectivity index (χ4v) is 4.97. The van der Waals surface area contributed by atoms with Crippen LogP contribution in [0.3, 0.4) is 0 Å². The van der Waals surface area contributed by atoms with Crippen LogP contribution in [0.1, 0.15) is 51.0 Å². The Hall–Kier alpha value is -3.48. The molecule has 6 nitrogen and oxygen atoms in total. The summed E-state index contributed by atoms with van der Waals surface area (Å²) in [6.45, 7) is 0.0460. The number of fused-ring (bicyclic) bond motifs is 1. The first-order chi connectivity index (χ1) is 17.9. The number of carbonyl (C=O) groups is 1. The Labute approximate surface area is 212 Å². The van der Waals surface area contributed by atoms with Gasteiger partial charge in [0.15, 0.2) is 6.17 Å². The van der Waals surface area contributed by atoms with Gasteiger partial charge in [-0.15, -0.1) is 10.2 Å². The third kappa shape index (κ3) is 4.63. The van der Waals surface area contributed by atoms with Gasteiger partial charge in [0, 0.05) is 37.9 Å². The lowest BCUT2D eigenvalue weighted by molar-refractivity contribution is -0.138.